The molecule has 18 heavy (non-hydrogen) atoms. The maximum absolute atomic E-state index is 12.1. The van der Waals surface area contributed by atoms with Gasteiger partial charge in [0.1, 0.15) is 0 Å². The molecule has 2 rings (SSSR count). The number of hydrogen-bond acceptors (Lipinski definition) is 4. The van der Waals surface area contributed by atoms with Crippen LogP contribution >= 0.6 is 11.8 Å². The van der Waals surface area contributed by atoms with Gasteiger partial charge >= 0.3 is 0 Å². The Morgan fingerprint density at radius 1 is 1.33 bits per heavy atom. The zero-order valence-corrected chi connectivity index (χ0v) is 11.8. The number of nitrogens with one attached hydrogen (secondary N) is 1. The van der Waals surface area contributed by atoms with Crippen LogP contribution in [0.2, 0.25) is 0 Å². The molecule has 0 spiro atoms. The SMILES string of the molecule is Nc1cccc(S(=O)(=O)NCC2CCSCC2)c1. The number of anilines is 1. The highest BCUT2D eigenvalue weighted by Gasteiger charge is 2.18. The lowest BCUT2D eigenvalue weighted by Gasteiger charge is -2.21. The lowest BCUT2D eigenvalue weighted by molar-refractivity contribution is 0.476. The average Bonchev–Trinajstić information content (AvgIpc) is 2.38. The Kier molecular flexibility index (Phi) is 4.53. The van der Waals surface area contributed by atoms with Crippen LogP contribution in [0.3, 0.4) is 0 Å². The molecule has 3 N–H and O–H groups in total. The van der Waals surface area contributed by atoms with Crippen LogP contribution in [0.15, 0.2) is 29.2 Å². The highest BCUT2D eigenvalue weighted by Crippen LogP contribution is 2.22. The predicted molar refractivity (Wildman–Crippen MR) is 76.1 cm³/mol. The Hall–Kier alpha value is -0.720. The van der Waals surface area contributed by atoms with E-state index in [4.69, 9.17) is 5.73 Å². The van der Waals surface area contributed by atoms with E-state index in [0.717, 1.165) is 24.3 Å². The van der Waals surface area contributed by atoms with Gasteiger partial charge < -0.3 is 5.73 Å². The maximum Gasteiger partial charge on any atom is 0.240 e. The Morgan fingerprint density at radius 2 is 2.06 bits per heavy atom. The van der Waals surface area contributed by atoms with Crippen molar-refractivity contribution in [3.8, 4) is 0 Å². The number of nitrogen functional groups attached to an aromatic ring is 1. The molecule has 1 saturated heterocycles. The van der Waals surface area contributed by atoms with E-state index in [-0.39, 0.29) is 4.90 Å². The maximum atomic E-state index is 12.1. The largest absolute Gasteiger partial charge is 0.399 e. The summed E-state index contributed by atoms with van der Waals surface area (Å²) in [4.78, 5) is 0.243. The van der Waals surface area contributed by atoms with Crippen molar-refractivity contribution in [1.82, 2.24) is 4.72 Å². The van der Waals surface area contributed by atoms with Crippen molar-refractivity contribution >= 4 is 27.5 Å². The van der Waals surface area contributed by atoms with Gasteiger partial charge in [-0.05, 0) is 48.5 Å². The van der Waals surface area contributed by atoms with Crippen LogP contribution < -0.4 is 10.5 Å². The normalized spacial score (nSPS) is 17.8. The molecule has 6 heteroatoms. The second-order valence-corrected chi connectivity index (χ2v) is 7.47. The lowest BCUT2D eigenvalue weighted by Crippen LogP contribution is -2.31. The molecule has 1 fully saturated rings. The minimum absolute atomic E-state index is 0.243. The first kappa shape index (κ1) is 13.7. The number of nitrogens with two attached hydrogens (primary N) is 1. The molecule has 0 aromatic heterocycles. The highest BCUT2D eigenvalue weighted by atomic mass is 32.2. The molecule has 1 aliphatic heterocycles. The molecule has 0 bridgehead atoms. The first-order valence-corrected chi connectivity index (χ1v) is 8.65. The van der Waals surface area contributed by atoms with Gasteiger partial charge in [0.25, 0.3) is 0 Å². The van der Waals surface area contributed by atoms with Gasteiger partial charge in [-0.3, -0.25) is 0 Å². The van der Waals surface area contributed by atoms with Crippen molar-refractivity contribution in [2.24, 2.45) is 5.92 Å². The summed E-state index contributed by atoms with van der Waals surface area (Å²) in [6, 6.07) is 6.38. The van der Waals surface area contributed by atoms with Crippen LogP contribution in [0.1, 0.15) is 12.8 Å². The minimum atomic E-state index is -3.42. The van der Waals surface area contributed by atoms with Crippen molar-refractivity contribution in [3.05, 3.63) is 24.3 Å². The van der Waals surface area contributed by atoms with Crippen LogP contribution in [0.4, 0.5) is 5.69 Å². The summed E-state index contributed by atoms with van der Waals surface area (Å²) >= 11 is 1.94. The molecule has 1 heterocycles. The van der Waals surface area contributed by atoms with E-state index in [2.05, 4.69) is 4.72 Å². The number of thioether (sulfide) groups is 1. The number of hydrogen-bond donors (Lipinski definition) is 2. The second-order valence-electron chi connectivity index (χ2n) is 4.48. The third-order valence-corrected chi connectivity index (χ3v) is 5.54. The van der Waals surface area contributed by atoms with E-state index < -0.39 is 10.0 Å². The molecule has 0 aliphatic carbocycles. The van der Waals surface area contributed by atoms with E-state index >= 15 is 0 Å². The Labute approximate surface area is 112 Å². The molecule has 1 aliphatic rings. The standard InChI is InChI=1S/C12H18N2O2S2/c13-11-2-1-3-12(8-11)18(15,16)14-9-10-4-6-17-7-5-10/h1-3,8,10,14H,4-7,9,13H2. The summed E-state index contributed by atoms with van der Waals surface area (Å²) in [6.45, 7) is 0.525. The van der Waals surface area contributed by atoms with Gasteiger partial charge in [-0.2, -0.15) is 11.8 Å². The van der Waals surface area contributed by atoms with Crippen molar-refractivity contribution in [2.45, 2.75) is 17.7 Å². The molecule has 1 aromatic rings. The Morgan fingerprint density at radius 3 is 2.72 bits per heavy atom. The Bertz CT molecular complexity index is 497. The van der Waals surface area contributed by atoms with E-state index in [1.54, 1.807) is 18.2 Å². The van der Waals surface area contributed by atoms with Crippen LogP contribution in [0, 0.1) is 5.92 Å². The summed E-state index contributed by atoms with van der Waals surface area (Å²) < 4.78 is 26.8. The number of rotatable bonds is 4. The first-order valence-electron chi connectivity index (χ1n) is 6.01. The molecule has 0 amide bonds. The van der Waals surface area contributed by atoms with E-state index in [1.807, 2.05) is 11.8 Å². The molecule has 1 aromatic carbocycles. The molecule has 0 unspecified atom stereocenters. The quantitative estimate of drug-likeness (QED) is 0.826. The molecular weight excluding hydrogens is 268 g/mol. The lowest BCUT2D eigenvalue weighted by atomic mass is 10.0. The van der Waals surface area contributed by atoms with Gasteiger partial charge in [-0.15, -0.1) is 0 Å². The zero-order valence-electron chi connectivity index (χ0n) is 10.1. The first-order chi connectivity index (χ1) is 8.58. The predicted octanol–water partition coefficient (Wildman–Crippen LogP) is 1.69. The summed E-state index contributed by atoms with van der Waals surface area (Å²) in [7, 11) is -3.42. The monoisotopic (exact) mass is 286 g/mol. The van der Waals surface area contributed by atoms with Crippen LogP contribution in [-0.2, 0) is 10.0 Å². The van der Waals surface area contributed by atoms with Crippen LogP contribution in [-0.4, -0.2) is 26.5 Å². The molecule has 0 atom stereocenters. The Balaban J connectivity index is 1.98. The summed E-state index contributed by atoms with van der Waals surface area (Å²) in [5, 5.41) is 0. The molecular formula is C12H18N2O2S2. The fraction of sp³-hybridized carbons (Fsp3) is 0.500. The van der Waals surface area contributed by atoms with Gasteiger partial charge in [-0.25, -0.2) is 13.1 Å². The fourth-order valence-electron chi connectivity index (χ4n) is 1.94. The molecule has 100 valence electrons. The van der Waals surface area contributed by atoms with E-state index in [1.165, 1.54) is 6.07 Å². The smallest absolute Gasteiger partial charge is 0.240 e. The summed E-state index contributed by atoms with van der Waals surface area (Å²) in [5.74, 6) is 2.72. The van der Waals surface area contributed by atoms with Crippen LogP contribution in [0.5, 0.6) is 0 Å². The van der Waals surface area contributed by atoms with Gasteiger partial charge in [0, 0.05) is 12.2 Å². The fourth-order valence-corrected chi connectivity index (χ4v) is 4.32. The van der Waals surface area contributed by atoms with Gasteiger partial charge in [0.05, 0.1) is 4.90 Å². The third-order valence-electron chi connectivity index (χ3n) is 3.07. The van der Waals surface area contributed by atoms with Crippen LogP contribution in [0.25, 0.3) is 0 Å². The third kappa shape index (κ3) is 3.63. The van der Waals surface area contributed by atoms with Gasteiger partial charge in [-0.1, -0.05) is 6.07 Å². The molecule has 0 saturated carbocycles. The van der Waals surface area contributed by atoms with Gasteiger partial charge in [0.2, 0.25) is 10.0 Å². The van der Waals surface area contributed by atoms with Crippen molar-refractivity contribution in [2.75, 3.05) is 23.8 Å². The average molecular weight is 286 g/mol. The minimum Gasteiger partial charge on any atom is -0.399 e. The summed E-state index contributed by atoms with van der Waals surface area (Å²) in [5.41, 5.74) is 6.06. The molecule has 0 radical (unpaired) electrons. The second kappa shape index (κ2) is 5.95. The number of benzene rings is 1. The van der Waals surface area contributed by atoms with E-state index in [0.29, 0.717) is 18.2 Å². The summed E-state index contributed by atoms with van der Waals surface area (Å²) in [6.07, 6.45) is 2.17. The van der Waals surface area contributed by atoms with Crippen molar-refractivity contribution < 1.29 is 8.42 Å². The topological polar surface area (TPSA) is 72.2 Å². The number of sulfonamides is 1. The van der Waals surface area contributed by atoms with Gasteiger partial charge in [0.15, 0.2) is 0 Å². The van der Waals surface area contributed by atoms with Crippen molar-refractivity contribution in [1.29, 1.82) is 0 Å². The molecule has 4 nitrogen and oxygen atoms in total. The van der Waals surface area contributed by atoms with E-state index in [9.17, 15) is 8.42 Å². The zero-order chi connectivity index (χ0) is 13.0. The van der Waals surface area contributed by atoms with Crippen molar-refractivity contribution in [3.63, 3.8) is 0 Å². The highest BCUT2D eigenvalue weighted by molar-refractivity contribution is 7.99.